The van der Waals surface area contributed by atoms with Crippen LogP contribution in [0.3, 0.4) is 0 Å². The van der Waals surface area contributed by atoms with Gasteiger partial charge in [-0.15, -0.1) is 0 Å². The molecule has 1 amide bonds. The van der Waals surface area contributed by atoms with Crippen molar-refractivity contribution in [2.24, 2.45) is 0 Å². The molecular formula is C16H17N3O3. The molecule has 0 bridgehead atoms. The second kappa shape index (κ2) is 5.63. The summed E-state index contributed by atoms with van der Waals surface area (Å²) in [5.74, 6) is -1.24. The number of nitrogens with one attached hydrogen (secondary N) is 2. The first-order chi connectivity index (χ1) is 10.6. The minimum atomic E-state index is -0.984. The summed E-state index contributed by atoms with van der Waals surface area (Å²) in [5, 5.41) is 18.9. The maximum Gasteiger partial charge on any atom is 0.335 e. The number of fused-ring (bicyclic) bond motifs is 1. The first kappa shape index (κ1) is 14.3. The van der Waals surface area contributed by atoms with E-state index in [4.69, 9.17) is 5.11 Å². The summed E-state index contributed by atoms with van der Waals surface area (Å²) in [5.41, 5.74) is 4.00. The quantitative estimate of drug-likeness (QED) is 0.811. The lowest BCUT2D eigenvalue weighted by Crippen LogP contribution is -2.16. The van der Waals surface area contributed by atoms with E-state index in [1.807, 2.05) is 0 Å². The molecule has 3 rings (SSSR count). The third-order valence-electron chi connectivity index (χ3n) is 3.99. The largest absolute Gasteiger partial charge is 0.478 e. The zero-order chi connectivity index (χ0) is 15.7. The molecule has 0 atom stereocenters. The Kier molecular flexibility index (Phi) is 3.66. The molecule has 1 aromatic carbocycles. The minimum absolute atomic E-state index is 0.202. The van der Waals surface area contributed by atoms with Crippen LogP contribution in [0.1, 0.15) is 50.5 Å². The molecule has 1 aliphatic carbocycles. The molecule has 0 unspecified atom stereocenters. The van der Waals surface area contributed by atoms with E-state index in [1.165, 1.54) is 12.1 Å². The van der Waals surface area contributed by atoms with E-state index in [-0.39, 0.29) is 11.5 Å². The standard InChI is InChI=1S/C16H17N3O3/c1-9-8-10(16(21)22)6-7-12(9)17-15(20)14-11-4-2-3-5-13(11)18-19-14/h6-8H,2-5H2,1H3,(H,17,20)(H,18,19)(H,21,22). The molecule has 6 nitrogen and oxygen atoms in total. The predicted molar refractivity (Wildman–Crippen MR) is 81.3 cm³/mol. The number of carbonyl (C=O) groups is 2. The van der Waals surface area contributed by atoms with Crippen LogP contribution in [-0.2, 0) is 12.8 Å². The molecule has 22 heavy (non-hydrogen) atoms. The topological polar surface area (TPSA) is 95.1 Å². The summed E-state index contributed by atoms with van der Waals surface area (Å²) in [6.45, 7) is 1.77. The van der Waals surface area contributed by atoms with Crippen molar-refractivity contribution in [3.63, 3.8) is 0 Å². The summed E-state index contributed by atoms with van der Waals surface area (Å²) < 4.78 is 0. The Bertz CT molecular complexity index is 749. The highest BCUT2D eigenvalue weighted by atomic mass is 16.4. The number of benzene rings is 1. The van der Waals surface area contributed by atoms with Crippen LogP contribution in [0.5, 0.6) is 0 Å². The lowest BCUT2D eigenvalue weighted by atomic mass is 9.95. The number of hydrogen-bond acceptors (Lipinski definition) is 3. The first-order valence-corrected chi connectivity index (χ1v) is 7.27. The number of aromatic nitrogens is 2. The van der Waals surface area contributed by atoms with E-state index < -0.39 is 5.97 Å². The lowest BCUT2D eigenvalue weighted by Gasteiger charge is -2.12. The molecule has 0 spiro atoms. The number of amides is 1. The van der Waals surface area contributed by atoms with Crippen LogP contribution in [0.25, 0.3) is 0 Å². The number of hydrogen-bond donors (Lipinski definition) is 3. The van der Waals surface area contributed by atoms with Crippen molar-refractivity contribution in [2.45, 2.75) is 32.6 Å². The number of carbonyl (C=O) groups excluding carboxylic acids is 1. The average Bonchev–Trinajstić information content (AvgIpc) is 2.93. The number of aromatic amines is 1. The van der Waals surface area contributed by atoms with Gasteiger partial charge in [0.05, 0.1) is 5.56 Å². The van der Waals surface area contributed by atoms with E-state index in [9.17, 15) is 9.59 Å². The zero-order valence-corrected chi connectivity index (χ0v) is 12.3. The summed E-state index contributed by atoms with van der Waals surface area (Å²) in [6.07, 6.45) is 3.98. The fourth-order valence-corrected chi connectivity index (χ4v) is 2.79. The molecule has 0 fully saturated rings. The van der Waals surface area contributed by atoms with Crippen molar-refractivity contribution in [1.29, 1.82) is 0 Å². The second-order valence-electron chi connectivity index (χ2n) is 5.53. The van der Waals surface area contributed by atoms with Gasteiger partial charge in [0.1, 0.15) is 0 Å². The van der Waals surface area contributed by atoms with Crippen LogP contribution in [-0.4, -0.2) is 27.2 Å². The van der Waals surface area contributed by atoms with E-state index in [1.54, 1.807) is 13.0 Å². The summed E-state index contributed by atoms with van der Waals surface area (Å²) in [6, 6.07) is 4.62. The molecule has 6 heteroatoms. The molecule has 2 aromatic rings. The Hall–Kier alpha value is -2.63. The maximum atomic E-state index is 12.4. The van der Waals surface area contributed by atoms with E-state index >= 15 is 0 Å². The van der Waals surface area contributed by atoms with Crippen molar-refractivity contribution in [3.05, 3.63) is 46.3 Å². The third-order valence-corrected chi connectivity index (χ3v) is 3.99. The van der Waals surface area contributed by atoms with Crippen LogP contribution >= 0.6 is 0 Å². The van der Waals surface area contributed by atoms with E-state index in [0.717, 1.165) is 36.9 Å². The Balaban J connectivity index is 1.83. The number of aryl methyl sites for hydroxylation is 2. The summed E-state index contributed by atoms with van der Waals surface area (Å²) in [7, 11) is 0. The van der Waals surface area contributed by atoms with Crippen LogP contribution in [0.4, 0.5) is 5.69 Å². The Morgan fingerprint density at radius 2 is 2.05 bits per heavy atom. The van der Waals surface area contributed by atoms with Crippen molar-refractivity contribution < 1.29 is 14.7 Å². The lowest BCUT2D eigenvalue weighted by molar-refractivity contribution is 0.0696. The SMILES string of the molecule is Cc1cc(C(=O)O)ccc1NC(=O)c1n[nH]c2c1CCCC2. The average molecular weight is 299 g/mol. The van der Waals surface area contributed by atoms with Crippen LogP contribution in [0.15, 0.2) is 18.2 Å². The number of anilines is 1. The van der Waals surface area contributed by atoms with Crippen LogP contribution < -0.4 is 5.32 Å². The first-order valence-electron chi connectivity index (χ1n) is 7.27. The van der Waals surface area contributed by atoms with Crippen LogP contribution in [0, 0.1) is 6.92 Å². The molecule has 1 aliphatic rings. The molecule has 0 saturated carbocycles. The van der Waals surface area contributed by atoms with Gasteiger partial charge in [-0.25, -0.2) is 4.79 Å². The Labute approximate surface area is 127 Å². The summed E-state index contributed by atoms with van der Waals surface area (Å²) >= 11 is 0. The molecule has 3 N–H and O–H groups in total. The Morgan fingerprint density at radius 1 is 1.27 bits per heavy atom. The highest BCUT2D eigenvalue weighted by Gasteiger charge is 2.22. The van der Waals surface area contributed by atoms with Gasteiger partial charge in [0, 0.05) is 16.9 Å². The Morgan fingerprint density at radius 3 is 2.77 bits per heavy atom. The van der Waals surface area contributed by atoms with Gasteiger partial charge in [0.25, 0.3) is 5.91 Å². The fraction of sp³-hybridized carbons (Fsp3) is 0.312. The van der Waals surface area contributed by atoms with E-state index in [2.05, 4.69) is 15.5 Å². The molecule has 114 valence electrons. The van der Waals surface area contributed by atoms with Gasteiger partial charge in [-0.2, -0.15) is 5.10 Å². The molecular weight excluding hydrogens is 282 g/mol. The number of carboxylic acids is 1. The van der Waals surface area contributed by atoms with Gasteiger partial charge in [-0.3, -0.25) is 9.89 Å². The smallest absolute Gasteiger partial charge is 0.335 e. The molecule has 0 saturated heterocycles. The van der Waals surface area contributed by atoms with Crippen molar-refractivity contribution in [2.75, 3.05) is 5.32 Å². The number of carboxylic acid groups (broad SMARTS) is 1. The van der Waals surface area contributed by atoms with Gasteiger partial charge < -0.3 is 10.4 Å². The van der Waals surface area contributed by atoms with Gasteiger partial charge in [0.15, 0.2) is 5.69 Å². The third kappa shape index (κ3) is 2.59. The van der Waals surface area contributed by atoms with E-state index in [0.29, 0.717) is 16.9 Å². The normalized spacial score (nSPS) is 13.5. The minimum Gasteiger partial charge on any atom is -0.478 e. The number of aromatic carboxylic acids is 1. The van der Waals surface area contributed by atoms with Crippen molar-refractivity contribution in [1.82, 2.24) is 10.2 Å². The predicted octanol–water partition coefficient (Wildman–Crippen LogP) is 2.55. The number of rotatable bonds is 3. The van der Waals surface area contributed by atoms with Gasteiger partial charge in [-0.05, 0) is 56.4 Å². The molecule has 1 heterocycles. The molecule has 1 aromatic heterocycles. The maximum absolute atomic E-state index is 12.4. The molecule has 0 aliphatic heterocycles. The summed E-state index contributed by atoms with van der Waals surface area (Å²) in [4.78, 5) is 23.3. The van der Waals surface area contributed by atoms with Crippen molar-refractivity contribution >= 4 is 17.6 Å². The highest BCUT2D eigenvalue weighted by Crippen LogP contribution is 2.23. The van der Waals surface area contributed by atoms with Gasteiger partial charge >= 0.3 is 5.97 Å². The fourth-order valence-electron chi connectivity index (χ4n) is 2.79. The number of nitrogens with zero attached hydrogens (tertiary/aromatic N) is 1. The van der Waals surface area contributed by atoms with Gasteiger partial charge in [0.2, 0.25) is 0 Å². The molecule has 0 radical (unpaired) electrons. The highest BCUT2D eigenvalue weighted by molar-refractivity contribution is 6.04. The number of H-pyrrole nitrogens is 1. The van der Waals surface area contributed by atoms with Gasteiger partial charge in [-0.1, -0.05) is 0 Å². The van der Waals surface area contributed by atoms with Crippen molar-refractivity contribution in [3.8, 4) is 0 Å². The van der Waals surface area contributed by atoms with Crippen LogP contribution in [0.2, 0.25) is 0 Å². The monoisotopic (exact) mass is 299 g/mol. The zero-order valence-electron chi connectivity index (χ0n) is 12.3. The second-order valence-corrected chi connectivity index (χ2v) is 5.53.